The number of nitrogens with two attached hydrogens (primary N) is 1. The number of carboxylic acids is 1. The van der Waals surface area contributed by atoms with Gasteiger partial charge in [-0.15, -0.1) is 11.8 Å². The van der Waals surface area contributed by atoms with E-state index in [0.29, 0.717) is 24.8 Å². The van der Waals surface area contributed by atoms with E-state index in [1.54, 1.807) is 21.6 Å². The van der Waals surface area contributed by atoms with Crippen LogP contribution in [0.1, 0.15) is 25.7 Å². The number of amides is 2. The molecule has 6 nitrogen and oxygen atoms in total. The van der Waals surface area contributed by atoms with Crippen molar-refractivity contribution in [2.24, 2.45) is 11.7 Å². The molecule has 3 N–H and O–H groups in total. The van der Waals surface area contributed by atoms with Crippen LogP contribution in [0.3, 0.4) is 0 Å². The second-order valence-electron chi connectivity index (χ2n) is 5.95. The highest BCUT2D eigenvalue weighted by Crippen LogP contribution is 2.45. The van der Waals surface area contributed by atoms with Crippen LogP contribution in [-0.4, -0.2) is 63.2 Å². The summed E-state index contributed by atoms with van der Waals surface area (Å²) in [6, 6.07) is -0.795. The number of likely N-dealkylation sites (tertiary alicyclic amines) is 1. The second-order valence-corrected chi connectivity index (χ2v) is 7.10. The van der Waals surface area contributed by atoms with Crippen molar-refractivity contribution in [2.45, 2.75) is 43.1 Å². The van der Waals surface area contributed by atoms with Crippen LogP contribution in [0, 0.1) is 5.92 Å². The summed E-state index contributed by atoms with van der Waals surface area (Å²) in [6.07, 6.45) is 4.05. The van der Waals surface area contributed by atoms with E-state index >= 15 is 0 Å². The minimum absolute atomic E-state index is 0.0191. The highest BCUT2D eigenvalue weighted by atomic mass is 32.2. The van der Waals surface area contributed by atoms with E-state index in [2.05, 4.69) is 0 Å². The molecule has 0 aromatic carbocycles. The molecule has 3 aliphatic rings. The maximum atomic E-state index is 12.7. The lowest BCUT2D eigenvalue weighted by Gasteiger charge is -2.37. The lowest BCUT2D eigenvalue weighted by Crippen LogP contribution is -2.55. The number of piperidine rings is 1. The molecule has 7 heteroatoms. The summed E-state index contributed by atoms with van der Waals surface area (Å²) in [5, 5.41) is 9.40. The fourth-order valence-electron chi connectivity index (χ4n) is 3.05. The molecule has 2 heterocycles. The average molecular weight is 299 g/mol. The first-order chi connectivity index (χ1) is 9.58. The van der Waals surface area contributed by atoms with Gasteiger partial charge in [0.1, 0.15) is 6.04 Å². The first kappa shape index (κ1) is 14.0. The van der Waals surface area contributed by atoms with Gasteiger partial charge in [0.25, 0.3) is 0 Å². The molecule has 20 heavy (non-hydrogen) atoms. The fourth-order valence-corrected chi connectivity index (χ4v) is 4.68. The molecule has 2 amide bonds. The number of carboxylic acid groups (broad SMARTS) is 1. The SMILES string of the molecule is NC1CCCN(C(=O)N2C(C(=O)O)CSC2C2CC2)C1. The monoisotopic (exact) mass is 299 g/mol. The smallest absolute Gasteiger partial charge is 0.327 e. The number of thioether (sulfide) groups is 1. The van der Waals surface area contributed by atoms with Gasteiger partial charge in [-0.1, -0.05) is 0 Å². The van der Waals surface area contributed by atoms with Crippen molar-refractivity contribution in [1.82, 2.24) is 9.80 Å². The molecule has 3 unspecified atom stereocenters. The van der Waals surface area contributed by atoms with Crippen molar-refractivity contribution in [2.75, 3.05) is 18.8 Å². The van der Waals surface area contributed by atoms with Crippen LogP contribution in [0.4, 0.5) is 4.79 Å². The highest BCUT2D eigenvalue weighted by Gasteiger charge is 2.49. The Kier molecular flexibility index (Phi) is 3.81. The predicted molar refractivity (Wildman–Crippen MR) is 76.4 cm³/mol. The van der Waals surface area contributed by atoms with Gasteiger partial charge in [-0.05, 0) is 31.6 Å². The molecule has 1 saturated carbocycles. The average Bonchev–Trinajstić information content (AvgIpc) is 3.16. The van der Waals surface area contributed by atoms with Gasteiger partial charge in [0.05, 0.1) is 5.37 Å². The van der Waals surface area contributed by atoms with Crippen molar-refractivity contribution in [3.05, 3.63) is 0 Å². The van der Waals surface area contributed by atoms with Gasteiger partial charge in [0.15, 0.2) is 0 Å². The minimum atomic E-state index is -0.893. The third-order valence-electron chi connectivity index (χ3n) is 4.29. The van der Waals surface area contributed by atoms with Gasteiger partial charge < -0.3 is 15.7 Å². The Bertz CT molecular complexity index is 416. The number of rotatable bonds is 2. The Morgan fingerprint density at radius 2 is 2.00 bits per heavy atom. The molecular formula is C13H21N3O3S. The molecular weight excluding hydrogens is 278 g/mol. The topological polar surface area (TPSA) is 86.9 Å². The summed E-state index contributed by atoms with van der Waals surface area (Å²) in [4.78, 5) is 27.5. The summed E-state index contributed by atoms with van der Waals surface area (Å²) in [5.74, 6) is 0.0874. The van der Waals surface area contributed by atoms with Gasteiger partial charge in [-0.2, -0.15) is 0 Å². The van der Waals surface area contributed by atoms with Crippen LogP contribution in [0.2, 0.25) is 0 Å². The van der Waals surface area contributed by atoms with Gasteiger partial charge in [-0.3, -0.25) is 4.90 Å². The molecule has 0 radical (unpaired) electrons. The number of hydrogen-bond acceptors (Lipinski definition) is 4. The molecule has 1 aliphatic carbocycles. The molecule has 0 spiro atoms. The van der Waals surface area contributed by atoms with Crippen LogP contribution < -0.4 is 5.73 Å². The van der Waals surface area contributed by atoms with Crippen molar-refractivity contribution in [1.29, 1.82) is 0 Å². The number of nitrogens with zero attached hydrogens (tertiary/aromatic N) is 2. The van der Waals surface area contributed by atoms with E-state index in [4.69, 9.17) is 5.73 Å². The van der Waals surface area contributed by atoms with Crippen LogP contribution in [0.5, 0.6) is 0 Å². The summed E-state index contributed by atoms with van der Waals surface area (Å²) < 4.78 is 0. The minimum Gasteiger partial charge on any atom is -0.480 e. The maximum absolute atomic E-state index is 12.7. The quantitative estimate of drug-likeness (QED) is 0.786. The fraction of sp³-hybridized carbons (Fsp3) is 0.846. The lowest BCUT2D eigenvalue weighted by atomic mass is 10.1. The Morgan fingerprint density at radius 1 is 1.25 bits per heavy atom. The first-order valence-corrected chi connectivity index (χ1v) is 8.30. The Hall–Kier alpha value is -0.950. The number of urea groups is 1. The van der Waals surface area contributed by atoms with Gasteiger partial charge in [0.2, 0.25) is 0 Å². The zero-order valence-electron chi connectivity index (χ0n) is 11.4. The van der Waals surface area contributed by atoms with E-state index in [-0.39, 0.29) is 17.4 Å². The highest BCUT2D eigenvalue weighted by molar-refractivity contribution is 8.00. The summed E-state index contributed by atoms with van der Waals surface area (Å²) >= 11 is 1.62. The molecule has 2 saturated heterocycles. The maximum Gasteiger partial charge on any atom is 0.327 e. The van der Waals surface area contributed by atoms with E-state index in [1.807, 2.05) is 0 Å². The molecule has 3 atom stereocenters. The number of hydrogen-bond donors (Lipinski definition) is 2. The molecule has 2 aliphatic heterocycles. The zero-order chi connectivity index (χ0) is 14.3. The normalized spacial score (nSPS) is 34.4. The van der Waals surface area contributed by atoms with Gasteiger partial charge in [-0.25, -0.2) is 9.59 Å². The van der Waals surface area contributed by atoms with Crippen LogP contribution in [0.25, 0.3) is 0 Å². The summed E-state index contributed by atoms with van der Waals surface area (Å²) in [5.41, 5.74) is 5.93. The largest absolute Gasteiger partial charge is 0.480 e. The third-order valence-corrected chi connectivity index (χ3v) is 5.76. The van der Waals surface area contributed by atoms with E-state index in [1.165, 1.54) is 0 Å². The molecule has 0 aromatic rings. The number of carbonyl (C=O) groups is 2. The summed E-state index contributed by atoms with van der Waals surface area (Å²) in [7, 11) is 0. The van der Waals surface area contributed by atoms with Gasteiger partial charge in [0, 0.05) is 24.9 Å². The number of aliphatic carboxylic acids is 1. The lowest BCUT2D eigenvalue weighted by molar-refractivity contribution is -0.141. The van der Waals surface area contributed by atoms with Crippen molar-refractivity contribution >= 4 is 23.8 Å². The Morgan fingerprint density at radius 3 is 2.60 bits per heavy atom. The molecule has 112 valence electrons. The molecule has 0 bridgehead atoms. The van der Waals surface area contributed by atoms with Crippen molar-refractivity contribution in [3.63, 3.8) is 0 Å². The van der Waals surface area contributed by atoms with E-state index in [0.717, 1.165) is 25.7 Å². The molecule has 3 fully saturated rings. The van der Waals surface area contributed by atoms with Gasteiger partial charge >= 0.3 is 12.0 Å². The molecule has 3 rings (SSSR count). The van der Waals surface area contributed by atoms with Crippen LogP contribution >= 0.6 is 11.8 Å². The van der Waals surface area contributed by atoms with E-state index in [9.17, 15) is 14.7 Å². The van der Waals surface area contributed by atoms with Crippen molar-refractivity contribution < 1.29 is 14.7 Å². The van der Waals surface area contributed by atoms with Crippen LogP contribution in [-0.2, 0) is 4.79 Å². The van der Waals surface area contributed by atoms with Crippen LogP contribution in [0.15, 0.2) is 0 Å². The second kappa shape index (κ2) is 5.44. The third kappa shape index (κ3) is 2.61. The number of carbonyl (C=O) groups excluding carboxylic acids is 1. The Labute approximate surface area is 122 Å². The molecule has 0 aromatic heterocycles. The standard InChI is InChI=1S/C13H21N3O3S/c14-9-2-1-5-15(6-9)13(19)16-10(12(17)18)7-20-11(16)8-3-4-8/h8-11H,1-7,14H2,(H,17,18). The Balaban J connectivity index is 1.76. The zero-order valence-corrected chi connectivity index (χ0v) is 12.2. The van der Waals surface area contributed by atoms with Crippen molar-refractivity contribution in [3.8, 4) is 0 Å². The predicted octanol–water partition coefficient (Wildman–Crippen LogP) is 0.768. The first-order valence-electron chi connectivity index (χ1n) is 7.25. The van der Waals surface area contributed by atoms with E-state index < -0.39 is 12.0 Å². The summed E-state index contributed by atoms with van der Waals surface area (Å²) in [6.45, 7) is 1.24.